The van der Waals surface area contributed by atoms with E-state index in [2.05, 4.69) is 20.8 Å². The molecule has 0 spiro atoms. The van der Waals surface area contributed by atoms with Gasteiger partial charge in [-0.1, -0.05) is 47.0 Å². The first-order valence-electron chi connectivity index (χ1n) is 9.67. The van der Waals surface area contributed by atoms with Crippen LogP contribution in [0.15, 0.2) is 42.5 Å². The zero-order chi connectivity index (χ0) is 22.3. The molecule has 0 saturated heterocycles. The van der Waals surface area contributed by atoms with Crippen LogP contribution in [0.3, 0.4) is 0 Å². The van der Waals surface area contributed by atoms with E-state index in [4.69, 9.17) is 23.2 Å². The van der Waals surface area contributed by atoms with Gasteiger partial charge in [0, 0.05) is 11.1 Å². The quantitative estimate of drug-likeness (QED) is 0.480. The van der Waals surface area contributed by atoms with E-state index in [1.165, 1.54) is 0 Å². The maximum atomic E-state index is 13.1. The summed E-state index contributed by atoms with van der Waals surface area (Å²) in [7, 11) is 0. The lowest BCUT2D eigenvalue weighted by Crippen LogP contribution is -2.43. The second-order valence-corrected chi connectivity index (χ2v) is 8.74. The third-order valence-corrected chi connectivity index (χ3v) is 6.05. The van der Waals surface area contributed by atoms with Gasteiger partial charge in [-0.25, -0.2) is 4.79 Å². The monoisotopic (exact) mass is 457 g/mol. The van der Waals surface area contributed by atoms with Gasteiger partial charge in [-0.15, -0.1) is 0 Å². The summed E-state index contributed by atoms with van der Waals surface area (Å²) < 4.78 is 0. The van der Waals surface area contributed by atoms with E-state index in [0.29, 0.717) is 27.1 Å². The average molecular weight is 458 g/mol. The number of carbonyl (C=O) groups excluding carboxylic acids is 2. The number of hydrogen-bond donors (Lipinski definition) is 3. The van der Waals surface area contributed by atoms with Crippen LogP contribution in [0.25, 0.3) is 0 Å². The minimum absolute atomic E-state index is 0.260. The number of nitrogens with one attached hydrogen (secondary N) is 3. The van der Waals surface area contributed by atoms with Crippen LogP contribution in [0.2, 0.25) is 10.0 Å². The number of nitrogens with zero attached hydrogens (tertiary/aromatic N) is 2. The molecule has 1 aliphatic heterocycles. The molecule has 3 amide bonds. The van der Waals surface area contributed by atoms with E-state index in [1.54, 1.807) is 35.2 Å². The normalized spacial score (nSPS) is 14.3. The van der Waals surface area contributed by atoms with Crippen LogP contribution >= 0.6 is 23.2 Å². The van der Waals surface area contributed by atoms with Crippen molar-refractivity contribution in [1.82, 2.24) is 15.1 Å². The maximum Gasteiger partial charge on any atom is 0.323 e. The van der Waals surface area contributed by atoms with Crippen molar-refractivity contribution in [2.45, 2.75) is 32.9 Å². The van der Waals surface area contributed by atoms with Gasteiger partial charge in [-0.3, -0.25) is 9.89 Å². The summed E-state index contributed by atoms with van der Waals surface area (Å²) in [6, 6.07) is 12.0. The Morgan fingerprint density at radius 2 is 1.77 bits per heavy atom. The fourth-order valence-electron chi connectivity index (χ4n) is 3.70. The molecule has 0 unspecified atom stereocenters. The topological polar surface area (TPSA) is 90.1 Å². The number of rotatable bonds is 3. The Morgan fingerprint density at radius 3 is 2.45 bits per heavy atom. The van der Waals surface area contributed by atoms with Gasteiger partial charge in [0.25, 0.3) is 5.91 Å². The molecule has 7 nitrogen and oxygen atoms in total. The highest BCUT2D eigenvalue weighted by atomic mass is 35.5. The molecular formula is C22H21Cl2N5O2. The van der Waals surface area contributed by atoms with E-state index >= 15 is 0 Å². The SMILES string of the molecule is Cc1cccc(C(=O)Nc2n[nH]c3c2CN(C(=O)Nc2c(Cl)cccc2Cl)C3(C)C)c1. The molecule has 0 fully saturated rings. The highest BCUT2D eigenvalue weighted by Gasteiger charge is 2.44. The lowest BCUT2D eigenvalue weighted by Gasteiger charge is -2.32. The molecule has 3 aromatic rings. The molecule has 0 aliphatic carbocycles. The first kappa shape index (κ1) is 21.2. The minimum Gasteiger partial charge on any atom is -0.309 e. The Bertz CT molecular complexity index is 1170. The largest absolute Gasteiger partial charge is 0.323 e. The van der Waals surface area contributed by atoms with Crippen molar-refractivity contribution in [2.75, 3.05) is 10.6 Å². The molecule has 2 heterocycles. The van der Waals surface area contributed by atoms with Gasteiger partial charge < -0.3 is 15.5 Å². The fraction of sp³-hybridized carbons (Fsp3) is 0.227. The zero-order valence-corrected chi connectivity index (χ0v) is 18.7. The number of amides is 3. The van der Waals surface area contributed by atoms with Gasteiger partial charge in [0.2, 0.25) is 0 Å². The van der Waals surface area contributed by atoms with Crippen molar-refractivity contribution >= 4 is 46.6 Å². The highest BCUT2D eigenvalue weighted by Crippen LogP contribution is 2.41. The summed E-state index contributed by atoms with van der Waals surface area (Å²) in [5, 5.41) is 13.6. The third-order valence-electron chi connectivity index (χ3n) is 5.42. The van der Waals surface area contributed by atoms with Crippen LogP contribution in [0.4, 0.5) is 16.3 Å². The fourth-order valence-corrected chi connectivity index (χ4v) is 4.19. The van der Waals surface area contributed by atoms with Crippen LogP contribution in [-0.2, 0) is 12.1 Å². The Morgan fingerprint density at radius 1 is 1.10 bits per heavy atom. The molecular weight excluding hydrogens is 437 g/mol. The Kier molecular flexibility index (Phi) is 5.41. The molecule has 0 bridgehead atoms. The minimum atomic E-state index is -0.688. The van der Waals surface area contributed by atoms with Gasteiger partial charge in [0.15, 0.2) is 5.82 Å². The summed E-state index contributed by atoms with van der Waals surface area (Å²) in [6.45, 7) is 5.98. The van der Waals surface area contributed by atoms with Gasteiger partial charge in [0.05, 0.1) is 33.5 Å². The molecule has 0 radical (unpaired) electrons. The van der Waals surface area contributed by atoms with Crippen molar-refractivity contribution < 1.29 is 9.59 Å². The van der Waals surface area contributed by atoms with Crippen molar-refractivity contribution in [1.29, 1.82) is 0 Å². The van der Waals surface area contributed by atoms with Crippen molar-refractivity contribution in [2.24, 2.45) is 0 Å². The number of aromatic nitrogens is 2. The van der Waals surface area contributed by atoms with Crippen LogP contribution in [-0.4, -0.2) is 27.0 Å². The van der Waals surface area contributed by atoms with E-state index < -0.39 is 5.54 Å². The van der Waals surface area contributed by atoms with Gasteiger partial charge in [0.1, 0.15) is 0 Å². The number of aromatic amines is 1. The maximum absolute atomic E-state index is 13.1. The molecule has 1 aliphatic rings. The summed E-state index contributed by atoms with van der Waals surface area (Å²) in [5.74, 6) is 0.141. The second kappa shape index (κ2) is 7.90. The average Bonchev–Trinajstić information content (AvgIpc) is 3.23. The summed E-state index contributed by atoms with van der Waals surface area (Å²) >= 11 is 12.4. The number of benzene rings is 2. The van der Waals surface area contributed by atoms with Crippen molar-refractivity contribution in [3.05, 3.63) is 74.9 Å². The molecule has 0 atom stereocenters. The van der Waals surface area contributed by atoms with Gasteiger partial charge in [-0.05, 0) is 45.0 Å². The van der Waals surface area contributed by atoms with E-state index in [0.717, 1.165) is 16.8 Å². The summed E-state index contributed by atoms with van der Waals surface area (Å²) in [4.78, 5) is 27.4. The molecule has 31 heavy (non-hydrogen) atoms. The molecule has 0 saturated carbocycles. The van der Waals surface area contributed by atoms with Gasteiger partial charge >= 0.3 is 6.03 Å². The number of H-pyrrole nitrogens is 1. The van der Waals surface area contributed by atoms with E-state index in [1.807, 2.05) is 32.9 Å². The van der Waals surface area contributed by atoms with Crippen LogP contribution in [0.5, 0.6) is 0 Å². The number of para-hydroxylation sites is 1. The van der Waals surface area contributed by atoms with Crippen LogP contribution < -0.4 is 10.6 Å². The van der Waals surface area contributed by atoms with Crippen molar-refractivity contribution in [3.63, 3.8) is 0 Å². The predicted octanol–water partition coefficient (Wildman–Crippen LogP) is 5.56. The number of carbonyl (C=O) groups is 2. The van der Waals surface area contributed by atoms with Crippen LogP contribution in [0, 0.1) is 6.92 Å². The number of fused-ring (bicyclic) bond motifs is 1. The lowest BCUT2D eigenvalue weighted by molar-refractivity contribution is 0.102. The second-order valence-electron chi connectivity index (χ2n) is 7.92. The number of aryl methyl sites for hydroxylation is 1. The molecule has 4 rings (SSSR count). The highest BCUT2D eigenvalue weighted by molar-refractivity contribution is 6.39. The standard InChI is InChI=1S/C22H21Cl2N5O2/c1-12-6-4-7-13(10-12)20(30)26-19-14-11-29(22(2,3)18(14)27-28-19)21(31)25-17-15(23)8-5-9-16(17)24/h4-10H,11H2,1-3H3,(H,25,31)(H2,26,27,28,30). The summed E-state index contributed by atoms with van der Waals surface area (Å²) in [6.07, 6.45) is 0. The Balaban J connectivity index is 1.56. The molecule has 9 heteroatoms. The van der Waals surface area contributed by atoms with E-state index in [-0.39, 0.29) is 18.5 Å². The summed E-state index contributed by atoms with van der Waals surface area (Å²) in [5.41, 5.74) is 2.71. The Hall–Kier alpha value is -3.03. The number of anilines is 2. The Labute approximate surface area is 189 Å². The molecule has 1 aromatic heterocycles. The van der Waals surface area contributed by atoms with Gasteiger partial charge in [-0.2, -0.15) is 5.10 Å². The third kappa shape index (κ3) is 3.86. The first-order chi connectivity index (χ1) is 14.7. The molecule has 2 aromatic carbocycles. The molecule has 3 N–H and O–H groups in total. The first-order valence-corrected chi connectivity index (χ1v) is 10.4. The number of urea groups is 1. The van der Waals surface area contributed by atoms with Crippen molar-refractivity contribution in [3.8, 4) is 0 Å². The van der Waals surface area contributed by atoms with E-state index in [9.17, 15) is 9.59 Å². The number of halogens is 2. The zero-order valence-electron chi connectivity index (χ0n) is 17.2. The van der Waals surface area contributed by atoms with Crippen LogP contribution in [0.1, 0.15) is 41.0 Å². The lowest BCUT2D eigenvalue weighted by atomic mass is 10.0. The molecule has 160 valence electrons. The number of hydrogen-bond acceptors (Lipinski definition) is 3. The predicted molar refractivity (Wildman–Crippen MR) is 122 cm³/mol. The smallest absolute Gasteiger partial charge is 0.309 e.